The summed E-state index contributed by atoms with van der Waals surface area (Å²) in [6.07, 6.45) is 6.22. The van der Waals surface area contributed by atoms with Crippen molar-refractivity contribution in [2.45, 2.75) is 0 Å². The highest BCUT2D eigenvalue weighted by atomic mass is 15.2. The van der Waals surface area contributed by atoms with Crippen LogP contribution in [0.2, 0.25) is 0 Å². The molecule has 0 atom stereocenters. The maximum absolute atomic E-state index is 8.64. The van der Waals surface area contributed by atoms with E-state index in [0.29, 0.717) is 12.5 Å². The third-order valence-electron chi connectivity index (χ3n) is 1.15. The van der Waals surface area contributed by atoms with Crippen molar-refractivity contribution in [3.63, 3.8) is 0 Å². The second-order valence-corrected chi connectivity index (χ2v) is 1.94. The molecule has 0 fully saturated rings. The molecule has 0 N–H and O–H groups in total. The molecule has 0 unspecified atom stereocenters. The van der Waals surface area contributed by atoms with Gasteiger partial charge in [0.05, 0.1) is 6.54 Å². The van der Waals surface area contributed by atoms with Crippen molar-refractivity contribution in [3.05, 3.63) is 25.3 Å². The van der Waals surface area contributed by atoms with Crippen LogP contribution < -0.4 is 4.90 Å². The summed E-state index contributed by atoms with van der Waals surface area (Å²) in [5.74, 6) is 0.340. The first-order chi connectivity index (χ1) is 5.88. The van der Waals surface area contributed by atoms with Crippen molar-refractivity contribution in [3.8, 4) is 6.19 Å². The molecular formula is C7H7N5. The summed E-state index contributed by atoms with van der Waals surface area (Å²) in [4.78, 5) is 12.6. The zero-order valence-corrected chi connectivity index (χ0v) is 6.38. The Morgan fingerprint density at radius 1 is 1.58 bits per heavy atom. The standard InChI is InChI=1S/C7H7N5/c1-2-3-12(4-8)7-10-5-9-6-11-7/h2,5-6H,1,3H2. The Kier molecular flexibility index (Phi) is 2.73. The molecule has 0 saturated heterocycles. The summed E-state index contributed by atoms with van der Waals surface area (Å²) in [5.41, 5.74) is 0. The van der Waals surface area contributed by atoms with E-state index in [1.54, 1.807) is 6.08 Å². The van der Waals surface area contributed by atoms with Gasteiger partial charge in [0, 0.05) is 0 Å². The highest BCUT2D eigenvalue weighted by Gasteiger charge is 2.03. The van der Waals surface area contributed by atoms with Crippen molar-refractivity contribution in [1.29, 1.82) is 5.26 Å². The Morgan fingerprint density at radius 3 is 2.75 bits per heavy atom. The van der Waals surface area contributed by atoms with E-state index >= 15 is 0 Å². The molecule has 0 aliphatic heterocycles. The summed E-state index contributed by atoms with van der Waals surface area (Å²) in [6, 6.07) is 0. The molecule has 0 bridgehead atoms. The molecule has 1 heterocycles. The number of hydrogen-bond donors (Lipinski definition) is 0. The predicted molar refractivity (Wildman–Crippen MR) is 43.0 cm³/mol. The van der Waals surface area contributed by atoms with Crippen LogP contribution in [0.3, 0.4) is 0 Å². The van der Waals surface area contributed by atoms with Gasteiger partial charge >= 0.3 is 0 Å². The Hall–Kier alpha value is -1.96. The van der Waals surface area contributed by atoms with E-state index in [1.807, 2.05) is 6.19 Å². The molecule has 5 heteroatoms. The highest BCUT2D eigenvalue weighted by molar-refractivity contribution is 5.35. The van der Waals surface area contributed by atoms with E-state index in [9.17, 15) is 0 Å². The molecule has 60 valence electrons. The molecule has 0 radical (unpaired) electrons. The van der Waals surface area contributed by atoms with Crippen LogP contribution in [0.4, 0.5) is 5.95 Å². The lowest BCUT2D eigenvalue weighted by molar-refractivity contribution is 0.952. The van der Waals surface area contributed by atoms with Gasteiger partial charge < -0.3 is 0 Å². The molecular weight excluding hydrogens is 154 g/mol. The first-order valence-electron chi connectivity index (χ1n) is 3.28. The van der Waals surface area contributed by atoms with Crippen molar-refractivity contribution >= 4 is 5.95 Å². The molecule has 0 aromatic carbocycles. The number of hydrogen-bond acceptors (Lipinski definition) is 5. The number of aromatic nitrogens is 3. The zero-order chi connectivity index (χ0) is 8.81. The fourth-order valence-corrected chi connectivity index (χ4v) is 0.669. The normalized spacial score (nSPS) is 8.58. The molecule has 0 amide bonds. The average molecular weight is 161 g/mol. The van der Waals surface area contributed by atoms with Crippen LogP contribution in [-0.4, -0.2) is 21.5 Å². The minimum absolute atomic E-state index is 0.340. The third kappa shape index (κ3) is 1.76. The molecule has 0 saturated carbocycles. The van der Waals surface area contributed by atoms with Gasteiger partial charge in [0.25, 0.3) is 0 Å². The maximum atomic E-state index is 8.64. The summed E-state index contributed by atoms with van der Waals surface area (Å²) >= 11 is 0. The largest absolute Gasteiger partial charge is 0.243 e. The van der Waals surface area contributed by atoms with Crippen LogP contribution in [0.5, 0.6) is 0 Å². The van der Waals surface area contributed by atoms with E-state index in [-0.39, 0.29) is 0 Å². The zero-order valence-electron chi connectivity index (χ0n) is 6.38. The molecule has 0 aliphatic carbocycles. The van der Waals surface area contributed by atoms with Gasteiger partial charge in [0.15, 0.2) is 6.19 Å². The Morgan fingerprint density at radius 2 is 2.25 bits per heavy atom. The molecule has 1 rings (SSSR count). The topological polar surface area (TPSA) is 65.7 Å². The van der Waals surface area contributed by atoms with Crippen LogP contribution in [0, 0.1) is 11.5 Å². The van der Waals surface area contributed by atoms with Gasteiger partial charge in [-0.05, 0) is 0 Å². The van der Waals surface area contributed by atoms with Gasteiger partial charge in [0.1, 0.15) is 12.7 Å². The molecule has 0 spiro atoms. The molecule has 1 aromatic rings. The summed E-state index contributed by atoms with van der Waals surface area (Å²) in [7, 11) is 0. The Bertz CT molecular complexity index is 288. The first-order valence-corrected chi connectivity index (χ1v) is 3.28. The van der Waals surface area contributed by atoms with E-state index in [2.05, 4.69) is 21.5 Å². The maximum Gasteiger partial charge on any atom is 0.242 e. The average Bonchev–Trinajstić information content (AvgIpc) is 2.15. The van der Waals surface area contributed by atoms with Gasteiger partial charge in [-0.2, -0.15) is 5.26 Å². The van der Waals surface area contributed by atoms with Crippen molar-refractivity contribution in [1.82, 2.24) is 15.0 Å². The molecule has 5 nitrogen and oxygen atoms in total. The minimum Gasteiger partial charge on any atom is -0.243 e. The van der Waals surface area contributed by atoms with Crippen LogP contribution in [0.25, 0.3) is 0 Å². The molecule has 0 aliphatic rings. The lowest BCUT2D eigenvalue weighted by atomic mass is 10.5. The Labute approximate surface area is 70.0 Å². The Balaban J connectivity index is 2.82. The monoisotopic (exact) mass is 161 g/mol. The van der Waals surface area contributed by atoms with Gasteiger partial charge in [0.2, 0.25) is 5.95 Å². The van der Waals surface area contributed by atoms with Crippen LogP contribution >= 0.6 is 0 Å². The van der Waals surface area contributed by atoms with Gasteiger partial charge in [-0.15, -0.1) is 6.58 Å². The molecule has 12 heavy (non-hydrogen) atoms. The van der Waals surface area contributed by atoms with E-state index < -0.39 is 0 Å². The van der Waals surface area contributed by atoms with Gasteiger partial charge in [-0.3, -0.25) is 0 Å². The fraction of sp³-hybridized carbons (Fsp3) is 0.143. The second-order valence-electron chi connectivity index (χ2n) is 1.94. The van der Waals surface area contributed by atoms with Gasteiger partial charge in [-0.1, -0.05) is 6.08 Å². The number of rotatable bonds is 3. The summed E-state index contributed by atoms with van der Waals surface area (Å²) in [6.45, 7) is 3.91. The SMILES string of the molecule is C=CCN(C#N)c1ncncn1. The van der Waals surface area contributed by atoms with Gasteiger partial charge in [-0.25, -0.2) is 19.9 Å². The first kappa shape index (κ1) is 8.14. The van der Waals surface area contributed by atoms with E-state index in [4.69, 9.17) is 5.26 Å². The lowest BCUT2D eigenvalue weighted by Gasteiger charge is -2.08. The predicted octanol–water partition coefficient (Wildman–Crippen LogP) is 0.345. The number of nitrogens with zero attached hydrogens (tertiary/aromatic N) is 5. The van der Waals surface area contributed by atoms with Crippen molar-refractivity contribution in [2.75, 3.05) is 11.4 Å². The van der Waals surface area contributed by atoms with Crippen LogP contribution in [0.15, 0.2) is 25.3 Å². The lowest BCUT2D eigenvalue weighted by Crippen LogP contribution is -2.18. The number of nitriles is 1. The van der Waals surface area contributed by atoms with Crippen molar-refractivity contribution < 1.29 is 0 Å². The van der Waals surface area contributed by atoms with Crippen LogP contribution in [-0.2, 0) is 0 Å². The van der Waals surface area contributed by atoms with Crippen molar-refractivity contribution in [2.24, 2.45) is 0 Å². The third-order valence-corrected chi connectivity index (χ3v) is 1.15. The highest BCUT2D eigenvalue weighted by Crippen LogP contribution is 2.00. The smallest absolute Gasteiger partial charge is 0.242 e. The second kappa shape index (κ2) is 4.03. The van der Waals surface area contributed by atoms with Crippen LogP contribution in [0.1, 0.15) is 0 Å². The summed E-state index contributed by atoms with van der Waals surface area (Å²) in [5, 5.41) is 8.64. The molecule has 1 aromatic heterocycles. The van der Waals surface area contributed by atoms with E-state index in [1.165, 1.54) is 17.6 Å². The quantitative estimate of drug-likeness (QED) is 0.363. The van der Waals surface area contributed by atoms with E-state index in [0.717, 1.165) is 0 Å². The number of anilines is 1. The summed E-state index contributed by atoms with van der Waals surface area (Å²) < 4.78 is 0. The minimum atomic E-state index is 0.340. The fourth-order valence-electron chi connectivity index (χ4n) is 0.669.